The SMILES string of the molecule is CC(C)(C)[Si](C)(C)OC[C@@H]1C[C@H](Sc2ccccc2)[C@@]2(O1)C(=O)CN(Cc1ccccc1)C2=O. The van der Waals surface area contributed by atoms with Gasteiger partial charge in [-0.05, 0) is 42.2 Å². The number of ether oxygens (including phenoxy) is 1. The molecule has 2 aliphatic heterocycles. The number of hydrogen-bond acceptors (Lipinski definition) is 5. The van der Waals surface area contributed by atoms with Crippen LogP contribution in [0.4, 0.5) is 0 Å². The normalized spacial score (nSPS) is 25.5. The third kappa shape index (κ3) is 4.89. The van der Waals surface area contributed by atoms with Crippen LogP contribution >= 0.6 is 11.8 Å². The minimum Gasteiger partial charge on any atom is -0.414 e. The molecule has 0 radical (unpaired) electrons. The molecule has 0 saturated carbocycles. The number of carbonyl (C=O) groups is 2. The van der Waals surface area contributed by atoms with E-state index in [9.17, 15) is 9.59 Å². The topological polar surface area (TPSA) is 55.8 Å². The van der Waals surface area contributed by atoms with E-state index in [1.165, 1.54) is 0 Å². The Labute approximate surface area is 208 Å². The maximum Gasteiger partial charge on any atom is 0.264 e. The highest BCUT2D eigenvalue weighted by molar-refractivity contribution is 8.00. The van der Waals surface area contributed by atoms with E-state index in [2.05, 4.69) is 33.9 Å². The Kier molecular flexibility index (Phi) is 7.11. The van der Waals surface area contributed by atoms with Gasteiger partial charge < -0.3 is 14.1 Å². The van der Waals surface area contributed by atoms with Gasteiger partial charge in [-0.2, -0.15) is 0 Å². The summed E-state index contributed by atoms with van der Waals surface area (Å²) in [7, 11) is -1.99. The Morgan fingerprint density at radius 1 is 1.06 bits per heavy atom. The Morgan fingerprint density at radius 3 is 2.29 bits per heavy atom. The molecule has 4 rings (SSSR count). The molecule has 7 heteroatoms. The van der Waals surface area contributed by atoms with Crippen LogP contribution in [0, 0.1) is 0 Å². The van der Waals surface area contributed by atoms with E-state index in [0.29, 0.717) is 19.6 Å². The molecule has 3 atom stereocenters. The molecule has 1 spiro atoms. The first-order valence-corrected chi connectivity index (χ1v) is 15.7. The monoisotopic (exact) mass is 497 g/mol. The second-order valence-electron chi connectivity index (χ2n) is 10.8. The highest BCUT2D eigenvalue weighted by Crippen LogP contribution is 2.47. The molecule has 2 saturated heterocycles. The largest absolute Gasteiger partial charge is 0.414 e. The highest BCUT2D eigenvalue weighted by atomic mass is 32.2. The van der Waals surface area contributed by atoms with Crippen LogP contribution in [0.5, 0.6) is 0 Å². The predicted molar refractivity (Wildman–Crippen MR) is 138 cm³/mol. The maximum absolute atomic E-state index is 13.8. The Balaban J connectivity index is 1.58. The van der Waals surface area contributed by atoms with E-state index in [1.54, 1.807) is 16.7 Å². The van der Waals surface area contributed by atoms with Crippen LogP contribution < -0.4 is 0 Å². The third-order valence-corrected chi connectivity index (χ3v) is 13.2. The van der Waals surface area contributed by atoms with E-state index in [4.69, 9.17) is 9.16 Å². The van der Waals surface area contributed by atoms with Gasteiger partial charge in [-0.3, -0.25) is 9.59 Å². The Bertz CT molecular complexity index is 1020. The number of amides is 1. The first-order valence-electron chi connectivity index (χ1n) is 11.9. The molecule has 0 aliphatic carbocycles. The van der Waals surface area contributed by atoms with Gasteiger partial charge in [-0.1, -0.05) is 69.3 Å². The lowest BCUT2D eigenvalue weighted by Gasteiger charge is -2.37. The summed E-state index contributed by atoms with van der Waals surface area (Å²) in [6.45, 7) is 11.9. The van der Waals surface area contributed by atoms with Crippen molar-refractivity contribution in [2.75, 3.05) is 13.2 Å². The number of carbonyl (C=O) groups excluding carboxylic acids is 2. The Morgan fingerprint density at radius 2 is 1.68 bits per heavy atom. The van der Waals surface area contributed by atoms with Crippen molar-refractivity contribution in [1.82, 2.24) is 4.90 Å². The van der Waals surface area contributed by atoms with Crippen molar-refractivity contribution in [3.63, 3.8) is 0 Å². The first-order chi connectivity index (χ1) is 16.0. The molecule has 34 heavy (non-hydrogen) atoms. The zero-order valence-electron chi connectivity index (χ0n) is 20.7. The number of benzene rings is 2. The zero-order valence-corrected chi connectivity index (χ0v) is 22.6. The molecule has 0 N–H and O–H groups in total. The number of rotatable bonds is 7. The van der Waals surface area contributed by atoms with Crippen LogP contribution in [0.15, 0.2) is 65.6 Å². The summed E-state index contributed by atoms with van der Waals surface area (Å²) < 4.78 is 12.9. The summed E-state index contributed by atoms with van der Waals surface area (Å²) in [4.78, 5) is 29.9. The fraction of sp³-hybridized carbons (Fsp3) is 0.481. The van der Waals surface area contributed by atoms with Gasteiger partial charge in [0.05, 0.1) is 24.5 Å². The number of ketones is 1. The van der Waals surface area contributed by atoms with Crippen molar-refractivity contribution in [2.45, 2.75) is 73.7 Å². The quantitative estimate of drug-likeness (QED) is 0.383. The summed E-state index contributed by atoms with van der Waals surface area (Å²) in [5.41, 5.74) is -0.444. The summed E-state index contributed by atoms with van der Waals surface area (Å²) in [6.07, 6.45) is 0.310. The van der Waals surface area contributed by atoms with Gasteiger partial charge in [0.2, 0.25) is 5.60 Å². The van der Waals surface area contributed by atoms with Gasteiger partial charge in [0, 0.05) is 11.4 Å². The van der Waals surface area contributed by atoms with Crippen LogP contribution in [0.25, 0.3) is 0 Å². The van der Waals surface area contributed by atoms with Crippen LogP contribution in [0.1, 0.15) is 32.8 Å². The summed E-state index contributed by atoms with van der Waals surface area (Å²) >= 11 is 1.57. The number of Topliss-reactive ketones (excluding diaryl/α,β-unsaturated/α-hetero) is 1. The van der Waals surface area contributed by atoms with E-state index in [1.807, 2.05) is 60.7 Å². The summed E-state index contributed by atoms with van der Waals surface area (Å²) in [6, 6.07) is 19.7. The molecule has 2 fully saturated rings. The number of likely N-dealkylation sites (tertiary alicyclic amines) is 1. The van der Waals surface area contributed by atoms with Crippen molar-refractivity contribution in [3.05, 3.63) is 66.2 Å². The van der Waals surface area contributed by atoms with Gasteiger partial charge in [0.25, 0.3) is 5.91 Å². The number of thioether (sulfide) groups is 1. The van der Waals surface area contributed by atoms with E-state index in [-0.39, 0.29) is 34.6 Å². The van der Waals surface area contributed by atoms with Crippen LogP contribution in [-0.4, -0.2) is 55.0 Å². The Hall–Kier alpha value is -1.93. The molecule has 2 heterocycles. The average molecular weight is 498 g/mol. The van der Waals surface area contributed by atoms with Gasteiger partial charge in [0.15, 0.2) is 14.1 Å². The standard InChI is InChI=1S/C27H35NO4SSi/c1-26(2,3)34(4,5)31-19-21-16-24(33-22-14-10-7-11-15-22)27(32-21)23(29)18-28(25(27)30)17-20-12-8-6-9-13-20/h6-15,21,24H,16-19H2,1-5H3/t21-,24-,27-/m0/s1. The lowest BCUT2D eigenvalue weighted by Crippen LogP contribution is -2.50. The average Bonchev–Trinajstić information content (AvgIpc) is 3.27. The van der Waals surface area contributed by atoms with E-state index >= 15 is 0 Å². The lowest BCUT2D eigenvalue weighted by atomic mass is 9.96. The van der Waals surface area contributed by atoms with Crippen molar-refractivity contribution >= 4 is 31.8 Å². The fourth-order valence-electron chi connectivity index (χ4n) is 4.29. The smallest absolute Gasteiger partial charge is 0.264 e. The predicted octanol–water partition coefficient (Wildman–Crippen LogP) is 5.31. The van der Waals surface area contributed by atoms with Crippen molar-refractivity contribution < 1.29 is 18.8 Å². The van der Waals surface area contributed by atoms with Gasteiger partial charge >= 0.3 is 0 Å². The van der Waals surface area contributed by atoms with Gasteiger partial charge in [-0.15, -0.1) is 11.8 Å². The molecule has 0 unspecified atom stereocenters. The minimum atomic E-state index is -1.99. The number of nitrogens with zero attached hydrogens (tertiary/aromatic N) is 1. The lowest BCUT2D eigenvalue weighted by molar-refractivity contribution is -0.154. The molecule has 2 aromatic carbocycles. The van der Waals surface area contributed by atoms with Gasteiger partial charge in [-0.25, -0.2) is 0 Å². The molecule has 182 valence electrons. The zero-order chi connectivity index (χ0) is 24.6. The molecule has 0 aromatic heterocycles. The second kappa shape index (κ2) is 9.61. The van der Waals surface area contributed by atoms with Crippen LogP contribution in [-0.2, 0) is 25.3 Å². The summed E-state index contributed by atoms with van der Waals surface area (Å²) in [5, 5.41) is -0.212. The number of hydrogen-bond donors (Lipinski definition) is 0. The molecule has 0 bridgehead atoms. The molecule has 1 amide bonds. The van der Waals surface area contributed by atoms with Crippen LogP contribution in [0.3, 0.4) is 0 Å². The fourth-order valence-corrected chi connectivity index (χ4v) is 6.73. The minimum absolute atomic E-state index is 0.0764. The van der Waals surface area contributed by atoms with Crippen molar-refractivity contribution in [3.8, 4) is 0 Å². The van der Waals surface area contributed by atoms with E-state index < -0.39 is 13.9 Å². The molecular weight excluding hydrogens is 462 g/mol. The summed E-state index contributed by atoms with van der Waals surface area (Å²) in [5.74, 6) is -0.360. The molecule has 2 aromatic rings. The van der Waals surface area contributed by atoms with Crippen LogP contribution in [0.2, 0.25) is 18.1 Å². The molecular formula is C27H35NO4SSi. The first kappa shape index (κ1) is 25.2. The van der Waals surface area contributed by atoms with Crippen molar-refractivity contribution in [1.29, 1.82) is 0 Å². The molecule has 5 nitrogen and oxygen atoms in total. The van der Waals surface area contributed by atoms with E-state index in [0.717, 1.165) is 10.5 Å². The third-order valence-electron chi connectivity index (χ3n) is 7.31. The molecule has 2 aliphatic rings. The maximum atomic E-state index is 13.8. The van der Waals surface area contributed by atoms with Crippen molar-refractivity contribution in [2.24, 2.45) is 0 Å². The highest BCUT2D eigenvalue weighted by Gasteiger charge is 2.64. The second-order valence-corrected chi connectivity index (χ2v) is 16.9. The van der Waals surface area contributed by atoms with Gasteiger partial charge in [0.1, 0.15) is 0 Å².